The second kappa shape index (κ2) is 7.91. The summed E-state index contributed by atoms with van der Waals surface area (Å²) in [6, 6.07) is 22.5. The van der Waals surface area contributed by atoms with Crippen LogP contribution in [0.25, 0.3) is 0 Å². The van der Waals surface area contributed by atoms with Crippen molar-refractivity contribution in [2.75, 3.05) is 4.90 Å². The summed E-state index contributed by atoms with van der Waals surface area (Å²) in [5.74, 6) is 0.119. The lowest BCUT2D eigenvalue weighted by Crippen LogP contribution is -2.22. The number of hydrogen-bond donors (Lipinski definition) is 0. The molecule has 4 nitrogen and oxygen atoms in total. The molecular formula is C26H21N3O. The van der Waals surface area contributed by atoms with Crippen LogP contribution in [0.5, 0.6) is 0 Å². The maximum Gasteiger partial charge on any atom is 0.236 e. The molecule has 0 N–H and O–H groups in total. The number of para-hydroxylation sites is 1. The van der Waals surface area contributed by atoms with Gasteiger partial charge in [-0.05, 0) is 77.1 Å². The number of anilines is 2. The fourth-order valence-corrected chi connectivity index (χ4v) is 4.14. The van der Waals surface area contributed by atoms with Gasteiger partial charge in [0.15, 0.2) is 0 Å². The lowest BCUT2D eigenvalue weighted by molar-refractivity contribution is -0.116. The van der Waals surface area contributed by atoms with Gasteiger partial charge in [-0.3, -0.25) is 19.7 Å². The molecule has 0 fully saturated rings. The molecule has 0 unspecified atom stereocenters. The molecule has 1 aliphatic heterocycles. The molecule has 1 aliphatic rings. The number of fused-ring (bicyclic) bond motifs is 1. The Morgan fingerprint density at radius 3 is 2.07 bits per heavy atom. The highest BCUT2D eigenvalue weighted by atomic mass is 16.2. The smallest absolute Gasteiger partial charge is 0.236 e. The van der Waals surface area contributed by atoms with Crippen LogP contribution in [0.4, 0.5) is 11.4 Å². The van der Waals surface area contributed by atoms with Crippen molar-refractivity contribution in [1.82, 2.24) is 9.97 Å². The van der Waals surface area contributed by atoms with Gasteiger partial charge in [-0.15, -0.1) is 0 Å². The number of amides is 1. The van der Waals surface area contributed by atoms with Gasteiger partial charge in [0, 0.05) is 24.8 Å². The van der Waals surface area contributed by atoms with Crippen LogP contribution < -0.4 is 4.90 Å². The van der Waals surface area contributed by atoms with Crippen molar-refractivity contribution in [3.63, 3.8) is 0 Å². The highest BCUT2D eigenvalue weighted by Crippen LogP contribution is 2.39. The molecule has 2 aromatic heterocycles. The molecule has 5 rings (SSSR count). The molecule has 4 aromatic rings. The van der Waals surface area contributed by atoms with E-state index in [2.05, 4.69) is 28.2 Å². The normalized spacial score (nSPS) is 12.8. The number of benzene rings is 2. The molecule has 146 valence electrons. The summed E-state index contributed by atoms with van der Waals surface area (Å²) < 4.78 is 0. The number of pyridine rings is 2. The van der Waals surface area contributed by atoms with E-state index in [1.807, 2.05) is 78.2 Å². The summed E-state index contributed by atoms with van der Waals surface area (Å²) in [7, 11) is 0. The largest absolute Gasteiger partial charge is 0.280 e. The molecule has 0 saturated heterocycles. The molecule has 0 aliphatic carbocycles. The summed E-state index contributed by atoms with van der Waals surface area (Å²) in [6.07, 6.45) is 9.25. The van der Waals surface area contributed by atoms with Crippen LogP contribution in [-0.2, 0) is 24.1 Å². The van der Waals surface area contributed by atoms with Gasteiger partial charge in [-0.2, -0.15) is 0 Å². The first kappa shape index (κ1) is 18.3. The molecule has 4 heteroatoms. The van der Waals surface area contributed by atoms with E-state index in [0.29, 0.717) is 6.42 Å². The van der Waals surface area contributed by atoms with Crippen LogP contribution in [0.2, 0.25) is 0 Å². The predicted molar refractivity (Wildman–Crippen MR) is 118 cm³/mol. The summed E-state index contributed by atoms with van der Waals surface area (Å²) >= 11 is 0. The van der Waals surface area contributed by atoms with Crippen molar-refractivity contribution < 1.29 is 4.79 Å². The van der Waals surface area contributed by atoms with Crippen molar-refractivity contribution in [1.29, 1.82) is 0 Å². The van der Waals surface area contributed by atoms with Gasteiger partial charge in [0.1, 0.15) is 0 Å². The first-order valence-electron chi connectivity index (χ1n) is 10.1. The van der Waals surface area contributed by atoms with E-state index >= 15 is 0 Å². The monoisotopic (exact) mass is 391 g/mol. The topological polar surface area (TPSA) is 46.1 Å². The average molecular weight is 391 g/mol. The molecule has 3 heterocycles. The van der Waals surface area contributed by atoms with E-state index in [0.717, 1.165) is 29.8 Å². The van der Waals surface area contributed by atoms with E-state index in [9.17, 15) is 4.79 Å². The standard InChI is InChI=1S/C26H21N3O/c30-26-18-22-4-1-2-6-24(22)29(26)25-7-3-5-21(16-19-8-12-27-13-9-19)23(25)17-20-10-14-28-15-11-20/h1-15H,16-18H2. The number of rotatable bonds is 5. The SMILES string of the molecule is O=C1Cc2ccccc2N1c1cccc(Cc2ccncc2)c1Cc1ccncc1. The molecule has 0 bridgehead atoms. The van der Waals surface area contributed by atoms with Crippen LogP contribution >= 0.6 is 0 Å². The Morgan fingerprint density at radius 2 is 1.33 bits per heavy atom. The van der Waals surface area contributed by atoms with E-state index in [1.165, 1.54) is 22.3 Å². The Hall–Kier alpha value is -3.79. The van der Waals surface area contributed by atoms with E-state index in [-0.39, 0.29) is 5.91 Å². The maximum absolute atomic E-state index is 13.0. The van der Waals surface area contributed by atoms with E-state index < -0.39 is 0 Å². The zero-order valence-electron chi connectivity index (χ0n) is 16.5. The van der Waals surface area contributed by atoms with Gasteiger partial charge in [0.25, 0.3) is 0 Å². The average Bonchev–Trinajstić information content (AvgIpc) is 3.12. The third-order valence-electron chi connectivity index (χ3n) is 5.59. The molecule has 0 saturated carbocycles. The van der Waals surface area contributed by atoms with Crippen LogP contribution in [-0.4, -0.2) is 15.9 Å². The zero-order valence-corrected chi connectivity index (χ0v) is 16.5. The Kier molecular flexibility index (Phi) is 4.81. The number of hydrogen-bond acceptors (Lipinski definition) is 3. The number of carbonyl (C=O) groups is 1. The Labute approximate surface area is 175 Å². The fraction of sp³-hybridized carbons (Fsp3) is 0.115. The Bertz CT molecular complexity index is 1190. The van der Waals surface area contributed by atoms with E-state index in [1.54, 1.807) is 0 Å². The van der Waals surface area contributed by atoms with Crippen molar-refractivity contribution in [3.8, 4) is 0 Å². The van der Waals surface area contributed by atoms with E-state index in [4.69, 9.17) is 0 Å². The van der Waals surface area contributed by atoms with Gasteiger partial charge in [-0.25, -0.2) is 0 Å². The minimum Gasteiger partial charge on any atom is -0.280 e. The Balaban J connectivity index is 1.63. The predicted octanol–water partition coefficient (Wildman–Crippen LogP) is 4.88. The molecule has 30 heavy (non-hydrogen) atoms. The van der Waals surface area contributed by atoms with Gasteiger partial charge < -0.3 is 0 Å². The van der Waals surface area contributed by atoms with Crippen LogP contribution in [0, 0.1) is 0 Å². The van der Waals surface area contributed by atoms with Gasteiger partial charge in [0.05, 0.1) is 17.8 Å². The molecule has 0 spiro atoms. The first-order valence-corrected chi connectivity index (χ1v) is 10.1. The minimum absolute atomic E-state index is 0.119. The Morgan fingerprint density at radius 1 is 0.700 bits per heavy atom. The number of aromatic nitrogens is 2. The summed E-state index contributed by atoms with van der Waals surface area (Å²) in [6.45, 7) is 0. The second-order valence-corrected chi connectivity index (χ2v) is 7.51. The maximum atomic E-state index is 13.0. The highest BCUT2D eigenvalue weighted by molar-refractivity contribution is 6.07. The van der Waals surface area contributed by atoms with Crippen molar-refractivity contribution in [2.45, 2.75) is 19.3 Å². The van der Waals surface area contributed by atoms with Gasteiger partial charge >= 0.3 is 0 Å². The van der Waals surface area contributed by atoms with Crippen LogP contribution in [0.3, 0.4) is 0 Å². The van der Waals surface area contributed by atoms with Crippen molar-refractivity contribution in [3.05, 3.63) is 119 Å². The third-order valence-corrected chi connectivity index (χ3v) is 5.59. The molecule has 0 radical (unpaired) electrons. The lowest BCUT2D eigenvalue weighted by Gasteiger charge is -2.23. The number of carbonyl (C=O) groups excluding carboxylic acids is 1. The second-order valence-electron chi connectivity index (χ2n) is 7.51. The van der Waals surface area contributed by atoms with Crippen LogP contribution in [0.1, 0.15) is 27.8 Å². The summed E-state index contributed by atoms with van der Waals surface area (Å²) in [4.78, 5) is 23.2. The fourth-order valence-electron chi connectivity index (χ4n) is 4.14. The molecule has 2 aromatic carbocycles. The summed E-state index contributed by atoms with van der Waals surface area (Å²) in [5.41, 5.74) is 7.79. The molecule has 0 atom stereocenters. The molecule has 1 amide bonds. The minimum atomic E-state index is 0.119. The first-order chi connectivity index (χ1) is 14.8. The van der Waals surface area contributed by atoms with Crippen molar-refractivity contribution in [2.24, 2.45) is 0 Å². The third kappa shape index (κ3) is 3.48. The van der Waals surface area contributed by atoms with Gasteiger partial charge in [0.2, 0.25) is 5.91 Å². The highest BCUT2D eigenvalue weighted by Gasteiger charge is 2.30. The molecular weight excluding hydrogens is 370 g/mol. The zero-order chi connectivity index (χ0) is 20.3. The van der Waals surface area contributed by atoms with Crippen molar-refractivity contribution >= 4 is 17.3 Å². The lowest BCUT2D eigenvalue weighted by atomic mass is 9.93. The van der Waals surface area contributed by atoms with Gasteiger partial charge in [-0.1, -0.05) is 30.3 Å². The quantitative estimate of drug-likeness (QED) is 0.487. The summed E-state index contributed by atoms with van der Waals surface area (Å²) in [5, 5.41) is 0. The van der Waals surface area contributed by atoms with Crippen LogP contribution in [0.15, 0.2) is 91.5 Å². The number of nitrogens with zero attached hydrogens (tertiary/aromatic N) is 3.